The molecule has 8 rings (SSSR count). The van der Waals surface area contributed by atoms with Crippen molar-refractivity contribution in [1.82, 2.24) is 9.97 Å². The molecule has 0 aliphatic rings. The molecule has 3 heterocycles. The molecule has 0 spiro atoms. The van der Waals surface area contributed by atoms with Crippen LogP contribution < -0.4 is 5.19 Å². The van der Waals surface area contributed by atoms with Crippen LogP contribution >= 0.6 is 0 Å². The van der Waals surface area contributed by atoms with Crippen LogP contribution in [0.2, 0.25) is 16.6 Å². The van der Waals surface area contributed by atoms with Gasteiger partial charge in [-0.2, -0.15) is 0 Å². The van der Waals surface area contributed by atoms with Crippen LogP contribution in [0.15, 0.2) is 126 Å². The van der Waals surface area contributed by atoms with Gasteiger partial charge in [-0.05, 0) is 63.0 Å². The van der Waals surface area contributed by atoms with Gasteiger partial charge in [0.25, 0.3) is 0 Å². The molecule has 0 N–H and O–H groups in total. The minimum atomic E-state index is -2.23. The first-order chi connectivity index (χ1) is 26.9. The van der Waals surface area contributed by atoms with Crippen LogP contribution in [0.3, 0.4) is 0 Å². The molecule has 0 amide bonds. The van der Waals surface area contributed by atoms with Gasteiger partial charge in [0.15, 0.2) is 0 Å². The first-order valence-corrected chi connectivity index (χ1v) is 20.5. The first-order valence-electron chi connectivity index (χ1n) is 19.5. The van der Waals surface area contributed by atoms with E-state index >= 15 is 4.39 Å². The summed E-state index contributed by atoms with van der Waals surface area (Å²) in [6.45, 7) is 14.3. The molecular weight excluding hydrogens is 879 g/mol. The number of aryl methyl sites for hydroxylation is 1. The third-order valence-electron chi connectivity index (χ3n) is 11.0. The molecule has 5 aromatic carbocycles. The van der Waals surface area contributed by atoms with Crippen molar-refractivity contribution in [1.29, 1.82) is 0 Å². The van der Waals surface area contributed by atoms with Crippen LogP contribution in [-0.4, -0.2) is 18.0 Å². The fraction of sp³-hybridized carbons (Fsp3) is 0.208. The van der Waals surface area contributed by atoms with Gasteiger partial charge in [-0.3, -0.25) is 4.39 Å². The van der Waals surface area contributed by atoms with Crippen molar-refractivity contribution in [2.75, 3.05) is 0 Å². The smallest absolute Gasteiger partial charge is 0.131 e. The molecule has 281 valence electrons. The number of furan rings is 1. The molecule has 0 saturated carbocycles. The van der Waals surface area contributed by atoms with Crippen molar-refractivity contribution in [2.24, 2.45) is 0 Å². The van der Waals surface area contributed by atoms with Crippen molar-refractivity contribution >= 4 is 46.0 Å². The van der Waals surface area contributed by atoms with E-state index in [1.807, 2.05) is 42.5 Å². The van der Waals surface area contributed by atoms with Gasteiger partial charge in [0.05, 0.1) is 13.7 Å². The largest absolute Gasteiger partial charge is 0.500 e. The molecule has 0 bridgehead atoms. The van der Waals surface area contributed by atoms with Gasteiger partial charge in [-0.1, -0.05) is 125 Å². The monoisotopic (exact) mass is 926 g/mol. The summed E-state index contributed by atoms with van der Waals surface area (Å²) in [6, 6.07) is 39.0. The Morgan fingerprint density at radius 2 is 1.47 bits per heavy atom. The van der Waals surface area contributed by atoms with E-state index in [1.165, 1.54) is 23.5 Å². The maximum atomic E-state index is 15.9. The number of hydrogen-bond acceptors (Lipinski definition) is 3. The third-order valence-corrected chi connectivity index (χ3v) is 18.5. The van der Waals surface area contributed by atoms with E-state index in [1.54, 1.807) is 36.5 Å². The Hall–Kier alpha value is -4.81. The van der Waals surface area contributed by atoms with Crippen molar-refractivity contribution in [3.8, 4) is 33.6 Å². The van der Waals surface area contributed by atoms with Crippen LogP contribution in [0.25, 0.3) is 66.4 Å². The minimum Gasteiger partial charge on any atom is -0.500 e. The first kappa shape index (κ1) is 35.9. The summed E-state index contributed by atoms with van der Waals surface area (Å²) in [7, 11) is -1.94. The molecule has 3 aromatic heterocycles. The molecule has 3 nitrogen and oxygen atoms in total. The number of fused-ring (bicyclic) bond motifs is 5. The van der Waals surface area contributed by atoms with Crippen LogP contribution in [0.4, 0.5) is 8.78 Å². The van der Waals surface area contributed by atoms with E-state index < -0.39 is 14.9 Å². The Kier molecular flexibility index (Phi) is 10.0. The molecular formula is C48H44F2IrN2OSi-2. The van der Waals surface area contributed by atoms with Gasteiger partial charge in [0.2, 0.25) is 0 Å². The van der Waals surface area contributed by atoms with Crippen molar-refractivity contribution < 1.29 is 37.4 Å². The van der Waals surface area contributed by atoms with E-state index in [-0.39, 0.29) is 47.4 Å². The number of hydrogen-bond donors (Lipinski definition) is 0. The average Bonchev–Trinajstić information content (AvgIpc) is 3.57. The fourth-order valence-electron chi connectivity index (χ4n) is 7.56. The average molecular weight is 926 g/mol. The number of pyridine rings is 2. The quantitative estimate of drug-likeness (QED) is 0.130. The van der Waals surface area contributed by atoms with Gasteiger partial charge >= 0.3 is 0 Å². The number of rotatable bonds is 4. The van der Waals surface area contributed by atoms with Crippen LogP contribution in [0, 0.1) is 30.6 Å². The SMILES string of the molecule is Fc1c[c-]c(-c2ccccn2)cc1.[2H]C([2H])([2H])c1ccc(-c2[c-]ccc3c2oc2c4cc(F)c(-c5ccc([Si](C)(C(C)(C)C)C(C)(C)C)cc5)cc4ccc32)nc1.[Ir]. The second kappa shape index (κ2) is 15.4. The van der Waals surface area contributed by atoms with Gasteiger partial charge in [0.1, 0.15) is 11.4 Å². The number of nitrogens with zero attached hydrogens (tertiary/aromatic N) is 2. The Morgan fingerprint density at radius 1 is 0.727 bits per heavy atom. The van der Waals surface area contributed by atoms with Gasteiger partial charge in [-0.25, -0.2) is 4.39 Å². The van der Waals surface area contributed by atoms with E-state index in [9.17, 15) is 4.39 Å². The van der Waals surface area contributed by atoms with Crippen LogP contribution in [-0.2, 0) is 20.1 Å². The fourth-order valence-corrected chi connectivity index (χ4v) is 12.4. The van der Waals surface area contributed by atoms with E-state index in [2.05, 4.69) is 94.5 Å². The molecule has 0 aliphatic carbocycles. The molecule has 0 fully saturated rings. The molecule has 0 aliphatic heterocycles. The second-order valence-electron chi connectivity index (χ2n) is 16.0. The number of aromatic nitrogens is 2. The molecule has 8 aromatic rings. The molecule has 0 saturated heterocycles. The molecule has 55 heavy (non-hydrogen) atoms. The summed E-state index contributed by atoms with van der Waals surface area (Å²) in [5.74, 6) is -0.585. The van der Waals surface area contributed by atoms with Gasteiger partial charge < -0.3 is 14.4 Å². The van der Waals surface area contributed by atoms with Crippen molar-refractivity contribution in [3.05, 3.63) is 151 Å². The van der Waals surface area contributed by atoms with Crippen molar-refractivity contribution in [2.45, 2.75) is 65.0 Å². The van der Waals surface area contributed by atoms with Crippen LogP contribution in [0.5, 0.6) is 0 Å². The molecule has 0 unspecified atom stereocenters. The summed E-state index contributed by atoms with van der Waals surface area (Å²) in [4.78, 5) is 8.52. The Labute approximate surface area is 341 Å². The zero-order valence-corrected chi connectivity index (χ0v) is 35.3. The number of benzene rings is 5. The summed E-state index contributed by atoms with van der Waals surface area (Å²) in [5, 5.41) is 5.00. The molecule has 1 radical (unpaired) electrons. The minimum absolute atomic E-state index is 0. The summed E-state index contributed by atoms with van der Waals surface area (Å²) < 4.78 is 57.8. The van der Waals surface area contributed by atoms with Crippen LogP contribution in [0.1, 0.15) is 51.2 Å². The van der Waals surface area contributed by atoms with E-state index in [0.717, 1.165) is 33.0 Å². The normalized spacial score (nSPS) is 13.1. The second-order valence-corrected chi connectivity index (χ2v) is 21.8. The maximum absolute atomic E-state index is 15.9. The molecule has 7 heteroatoms. The maximum Gasteiger partial charge on any atom is 0.131 e. The predicted octanol–water partition coefficient (Wildman–Crippen LogP) is 13.3. The standard InChI is InChI=1S/C37H37FNOSi.C11H7FN.Ir/c1-23-12-19-33(39-22-23)29-11-9-10-27-28-18-15-25-20-30(32(38)21-31(25)35(28)40-34(27)29)24-13-16-26(17-14-24)41(8,36(2,3)4)37(5,6)7;12-10-6-4-9(5-7-10)11-3-1-2-8-13-11;/h9-10,12-22H,1-8H3;1-4,6-8H;/q2*-1;/i1D3;;. The summed E-state index contributed by atoms with van der Waals surface area (Å²) in [5.41, 5.74) is 5.55. The van der Waals surface area contributed by atoms with Crippen molar-refractivity contribution in [3.63, 3.8) is 0 Å². The number of halogens is 2. The zero-order valence-electron chi connectivity index (χ0n) is 34.9. The van der Waals surface area contributed by atoms with Gasteiger partial charge in [0, 0.05) is 58.8 Å². The Balaban J connectivity index is 0.000000343. The van der Waals surface area contributed by atoms with Gasteiger partial charge in [-0.15, -0.1) is 48.0 Å². The Bertz CT molecular complexity index is 2690. The topological polar surface area (TPSA) is 38.9 Å². The Morgan fingerprint density at radius 3 is 2.09 bits per heavy atom. The predicted molar refractivity (Wildman–Crippen MR) is 223 cm³/mol. The van der Waals surface area contributed by atoms with E-state index in [4.69, 9.17) is 8.53 Å². The zero-order chi connectivity index (χ0) is 40.9. The molecule has 0 atom stereocenters. The third kappa shape index (κ3) is 7.58. The summed E-state index contributed by atoms with van der Waals surface area (Å²) in [6.07, 6.45) is 3.07. The van der Waals surface area contributed by atoms with E-state index in [0.29, 0.717) is 33.4 Å². The summed E-state index contributed by atoms with van der Waals surface area (Å²) >= 11 is 0.